The Bertz CT molecular complexity index is 826. The molecule has 1 saturated heterocycles. The minimum atomic E-state index is -0.220. The summed E-state index contributed by atoms with van der Waals surface area (Å²) in [5.41, 5.74) is 1.51. The molecule has 1 fully saturated rings. The number of nitrogens with zero attached hydrogens (tertiary/aromatic N) is 1. The lowest BCUT2D eigenvalue weighted by Crippen LogP contribution is -2.28. The van der Waals surface area contributed by atoms with Crippen LogP contribution in [-0.4, -0.2) is 22.6 Å². The van der Waals surface area contributed by atoms with Gasteiger partial charge in [0.25, 0.3) is 0 Å². The summed E-state index contributed by atoms with van der Waals surface area (Å²) in [4.78, 5) is 37.5. The summed E-state index contributed by atoms with van der Waals surface area (Å²) in [5, 5.41) is 2.78. The van der Waals surface area contributed by atoms with Crippen molar-refractivity contribution in [1.29, 1.82) is 0 Å². The number of anilines is 1. The lowest BCUT2D eigenvalue weighted by molar-refractivity contribution is -0.139. The minimum absolute atomic E-state index is 0.132. The predicted octanol–water partition coefficient (Wildman–Crippen LogP) is 3.81. The summed E-state index contributed by atoms with van der Waals surface area (Å²) in [6.07, 6.45) is 3.82. The Morgan fingerprint density at radius 1 is 1.12 bits per heavy atom. The topological polar surface area (TPSA) is 66.5 Å². The van der Waals surface area contributed by atoms with Crippen LogP contribution in [0.5, 0.6) is 0 Å². The highest BCUT2D eigenvalue weighted by atomic mass is 79.9. The van der Waals surface area contributed by atoms with Gasteiger partial charge >= 0.3 is 0 Å². The van der Waals surface area contributed by atoms with Gasteiger partial charge in [-0.2, -0.15) is 0 Å². The van der Waals surface area contributed by atoms with Gasteiger partial charge in [0.15, 0.2) is 0 Å². The van der Waals surface area contributed by atoms with Gasteiger partial charge in [0.1, 0.15) is 0 Å². The molecule has 0 saturated carbocycles. The van der Waals surface area contributed by atoms with Gasteiger partial charge < -0.3 is 5.32 Å². The van der Waals surface area contributed by atoms with Crippen LogP contribution in [0.3, 0.4) is 0 Å². The van der Waals surface area contributed by atoms with Crippen molar-refractivity contribution in [2.45, 2.75) is 19.4 Å². The molecule has 1 aliphatic rings. The van der Waals surface area contributed by atoms with Gasteiger partial charge in [-0.25, -0.2) is 0 Å². The summed E-state index contributed by atoms with van der Waals surface area (Å²) < 4.78 is 1.01. The highest BCUT2D eigenvalue weighted by Crippen LogP contribution is 2.23. The molecule has 1 aromatic heterocycles. The average Bonchev–Trinajstić information content (AvgIpc) is 3.15. The standard InChI is InChI=1S/C18H15BrN2O3S/c19-15-7-5-14(25-15)6-8-16(22)20-13-3-1-12(2-4-13)11-21-17(23)9-10-18(21)24/h1-8H,9-11H2,(H,20,22)/b8-6+. The second-order valence-electron chi connectivity index (χ2n) is 5.54. The highest BCUT2D eigenvalue weighted by Gasteiger charge is 2.28. The van der Waals surface area contributed by atoms with Crippen LogP contribution in [-0.2, 0) is 20.9 Å². The van der Waals surface area contributed by atoms with Gasteiger partial charge in [-0.3, -0.25) is 19.3 Å². The van der Waals surface area contributed by atoms with Crippen LogP contribution in [0.2, 0.25) is 0 Å². The molecule has 0 unspecified atom stereocenters. The van der Waals surface area contributed by atoms with Gasteiger partial charge in [-0.05, 0) is 51.8 Å². The third kappa shape index (κ3) is 4.64. The number of amides is 3. The third-order valence-electron chi connectivity index (χ3n) is 3.71. The number of imide groups is 1. The van der Waals surface area contributed by atoms with E-state index in [1.807, 2.05) is 12.1 Å². The lowest BCUT2D eigenvalue weighted by Gasteiger charge is -2.14. The van der Waals surface area contributed by atoms with E-state index < -0.39 is 0 Å². The Kier molecular flexibility index (Phi) is 5.45. The molecular weight excluding hydrogens is 404 g/mol. The number of halogens is 1. The molecule has 3 rings (SSSR count). The fourth-order valence-corrected chi connectivity index (χ4v) is 3.76. The summed E-state index contributed by atoms with van der Waals surface area (Å²) in [5.74, 6) is -0.484. The van der Waals surface area contributed by atoms with Crippen molar-refractivity contribution in [2.75, 3.05) is 5.32 Å². The van der Waals surface area contributed by atoms with Crippen molar-refractivity contribution in [3.63, 3.8) is 0 Å². The number of rotatable bonds is 5. The Hall–Kier alpha value is -2.25. The normalized spacial score (nSPS) is 14.5. The zero-order valence-electron chi connectivity index (χ0n) is 13.2. The summed E-state index contributed by atoms with van der Waals surface area (Å²) in [6.45, 7) is 0.277. The van der Waals surface area contributed by atoms with Crippen LogP contribution in [0, 0.1) is 0 Å². The van der Waals surface area contributed by atoms with E-state index in [2.05, 4.69) is 21.2 Å². The molecule has 3 amide bonds. The van der Waals surface area contributed by atoms with Crippen molar-refractivity contribution in [3.05, 3.63) is 56.7 Å². The molecule has 5 nitrogen and oxygen atoms in total. The first kappa shape index (κ1) is 17.6. The SMILES string of the molecule is O=C(/C=C/c1ccc(Br)s1)Nc1ccc(CN2C(=O)CCC2=O)cc1. The number of thiophene rings is 1. The fourth-order valence-electron chi connectivity index (χ4n) is 2.43. The molecule has 2 aromatic rings. The second-order valence-corrected chi connectivity index (χ2v) is 8.03. The molecule has 1 aliphatic heterocycles. The number of hydrogen-bond donors (Lipinski definition) is 1. The van der Waals surface area contributed by atoms with E-state index in [-0.39, 0.29) is 24.3 Å². The van der Waals surface area contributed by atoms with Crippen LogP contribution >= 0.6 is 27.3 Å². The number of nitrogens with one attached hydrogen (secondary N) is 1. The molecule has 0 radical (unpaired) electrons. The van der Waals surface area contributed by atoms with Crippen LogP contribution in [0.15, 0.2) is 46.3 Å². The molecule has 0 bridgehead atoms. The third-order valence-corrected chi connectivity index (χ3v) is 5.30. The van der Waals surface area contributed by atoms with E-state index in [9.17, 15) is 14.4 Å². The second kappa shape index (κ2) is 7.76. The van der Waals surface area contributed by atoms with Crippen LogP contribution in [0.25, 0.3) is 6.08 Å². The maximum absolute atomic E-state index is 11.9. The van der Waals surface area contributed by atoms with Gasteiger partial charge in [-0.1, -0.05) is 12.1 Å². The predicted molar refractivity (Wildman–Crippen MR) is 101 cm³/mol. The summed E-state index contributed by atoms with van der Waals surface area (Å²) in [7, 11) is 0. The zero-order valence-corrected chi connectivity index (χ0v) is 15.6. The van der Waals surface area contributed by atoms with E-state index in [1.165, 1.54) is 11.0 Å². The van der Waals surface area contributed by atoms with Gasteiger partial charge in [0, 0.05) is 29.5 Å². The first-order valence-electron chi connectivity index (χ1n) is 7.68. The first-order valence-corrected chi connectivity index (χ1v) is 9.29. The number of carbonyl (C=O) groups excluding carboxylic acids is 3. The number of benzene rings is 1. The Labute approximate surface area is 157 Å². The molecule has 1 aromatic carbocycles. The summed E-state index contributed by atoms with van der Waals surface area (Å²) >= 11 is 4.92. The van der Waals surface area contributed by atoms with E-state index >= 15 is 0 Å². The van der Waals surface area contributed by atoms with Crippen molar-refractivity contribution < 1.29 is 14.4 Å². The highest BCUT2D eigenvalue weighted by molar-refractivity contribution is 9.11. The largest absolute Gasteiger partial charge is 0.323 e. The minimum Gasteiger partial charge on any atom is -0.323 e. The fraction of sp³-hybridized carbons (Fsp3) is 0.167. The van der Waals surface area contributed by atoms with E-state index in [1.54, 1.807) is 41.7 Å². The van der Waals surface area contributed by atoms with Crippen molar-refractivity contribution in [1.82, 2.24) is 4.90 Å². The molecule has 0 spiro atoms. The molecule has 0 aliphatic carbocycles. The maximum Gasteiger partial charge on any atom is 0.248 e. The maximum atomic E-state index is 11.9. The van der Waals surface area contributed by atoms with E-state index in [0.717, 1.165) is 14.2 Å². The molecule has 2 heterocycles. The monoisotopic (exact) mass is 418 g/mol. The molecular formula is C18H15BrN2O3S. The lowest BCUT2D eigenvalue weighted by atomic mass is 10.2. The van der Waals surface area contributed by atoms with E-state index in [0.29, 0.717) is 18.5 Å². The van der Waals surface area contributed by atoms with Crippen LogP contribution in [0.1, 0.15) is 23.3 Å². The van der Waals surface area contributed by atoms with Crippen molar-refractivity contribution in [2.24, 2.45) is 0 Å². The Morgan fingerprint density at radius 3 is 2.40 bits per heavy atom. The average molecular weight is 419 g/mol. The quantitative estimate of drug-likeness (QED) is 0.592. The molecule has 128 valence electrons. The molecule has 7 heteroatoms. The van der Waals surface area contributed by atoms with Gasteiger partial charge in [0.2, 0.25) is 17.7 Å². The number of hydrogen-bond acceptors (Lipinski definition) is 4. The Balaban J connectivity index is 1.57. The first-order chi connectivity index (χ1) is 12.0. The van der Waals surface area contributed by atoms with E-state index in [4.69, 9.17) is 0 Å². The van der Waals surface area contributed by atoms with Gasteiger partial charge in [-0.15, -0.1) is 11.3 Å². The molecule has 1 N–H and O–H groups in total. The number of carbonyl (C=O) groups is 3. The smallest absolute Gasteiger partial charge is 0.248 e. The Morgan fingerprint density at radius 2 is 1.80 bits per heavy atom. The van der Waals surface area contributed by atoms with Gasteiger partial charge in [0.05, 0.1) is 10.3 Å². The summed E-state index contributed by atoms with van der Waals surface area (Å²) in [6, 6.07) is 11.0. The van der Waals surface area contributed by atoms with Crippen LogP contribution in [0.4, 0.5) is 5.69 Å². The zero-order chi connectivity index (χ0) is 17.8. The van der Waals surface area contributed by atoms with Crippen LogP contribution < -0.4 is 5.32 Å². The molecule has 0 atom stereocenters. The van der Waals surface area contributed by atoms with Crippen molar-refractivity contribution >= 4 is 56.8 Å². The number of likely N-dealkylation sites (tertiary alicyclic amines) is 1. The molecule has 25 heavy (non-hydrogen) atoms. The van der Waals surface area contributed by atoms with Crippen molar-refractivity contribution in [3.8, 4) is 0 Å².